The van der Waals surface area contributed by atoms with Gasteiger partial charge in [0.2, 0.25) is 0 Å². The van der Waals surface area contributed by atoms with Gasteiger partial charge in [0.25, 0.3) is 0 Å². The SMILES string of the molecule is Cc1ncsc1CN(C)Cc1cnc(N)s1. The van der Waals surface area contributed by atoms with E-state index < -0.39 is 0 Å². The molecule has 2 aromatic rings. The van der Waals surface area contributed by atoms with Crippen molar-refractivity contribution >= 4 is 27.8 Å². The van der Waals surface area contributed by atoms with E-state index in [1.54, 1.807) is 22.7 Å². The van der Waals surface area contributed by atoms with E-state index in [2.05, 4.69) is 21.9 Å². The molecule has 2 N–H and O–H groups in total. The number of nitrogen functional groups attached to an aromatic ring is 1. The second-order valence-corrected chi connectivity index (χ2v) is 5.78. The van der Waals surface area contributed by atoms with Gasteiger partial charge in [0.05, 0.1) is 11.2 Å². The molecule has 86 valence electrons. The lowest BCUT2D eigenvalue weighted by Gasteiger charge is -2.14. The lowest BCUT2D eigenvalue weighted by atomic mass is 10.3. The molecule has 0 aliphatic carbocycles. The van der Waals surface area contributed by atoms with Crippen LogP contribution in [0.5, 0.6) is 0 Å². The quantitative estimate of drug-likeness (QED) is 0.908. The molecule has 0 aliphatic heterocycles. The van der Waals surface area contributed by atoms with Crippen molar-refractivity contribution in [2.75, 3.05) is 12.8 Å². The van der Waals surface area contributed by atoms with Gasteiger partial charge in [-0.15, -0.1) is 22.7 Å². The van der Waals surface area contributed by atoms with Gasteiger partial charge in [-0.25, -0.2) is 9.97 Å². The number of hydrogen-bond donors (Lipinski definition) is 1. The van der Waals surface area contributed by atoms with Crippen LogP contribution in [0, 0.1) is 6.92 Å². The molecule has 0 spiro atoms. The number of aromatic nitrogens is 2. The van der Waals surface area contributed by atoms with E-state index in [1.165, 1.54) is 9.75 Å². The third-order valence-corrected chi connectivity index (χ3v) is 3.99. The molecule has 0 bridgehead atoms. The molecule has 2 aromatic heterocycles. The van der Waals surface area contributed by atoms with E-state index in [4.69, 9.17) is 5.73 Å². The second kappa shape index (κ2) is 4.90. The van der Waals surface area contributed by atoms with E-state index in [-0.39, 0.29) is 0 Å². The minimum Gasteiger partial charge on any atom is -0.375 e. The van der Waals surface area contributed by atoms with E-state index >= 15 is 0 Å². The standard InChI is InChI=1S/C10H14N4S2/c1-7-9(15-6-13-7)5-14(2)4-8-3-12-10(11)16-8/h3,6H,4-5H2,1-2H3,(H2,11,12). The Bertz CT molecular complexity index is 463. The molecule has 0 atom stereocenters. The number of anilines is 1. The largest absolute Gasteiger partial charge is 0.375 e. The normalized spacial score (nSPS) is 11.2. The highest BCUT2D eigenvalue weighted by Gasteiger charge is 2.07. The van der Waals surface area contributed by atoms with Gasteiger partial charge in [0.1, 0.15) is 0 Å². The zero-order valence-corrected chi connectivity index (χ0v) is 10.9. The predicted octanol–water partition coefficient (Wildman–Crippen LogP) is 2.12. The maximum Gasteiger partial charge on any atom is 0.180 e. The van der Waals surface area contributed by atoms with E-state index in [1.807, 2.05) is 18.6 Å². The molecule has 6 heteroatoms. The molecule has 2 heterocycles. The van der Waals surface area contributed by atoms with Crippen molar-refractivity contribution < 1.29 is 0 Å². The lowest BCUT2D eigenvalue weighted by Crippen LogP contribution is -2.16. The lowest BCUT2D eigenvalue weighted by molar-refractivity contribution is 0.324. The minimum absolute atomic E-state index is 0.636. The summed E-state index contributed by atoms with van der Waals surface area (Å²) in [5, 5.41) is 0.636. The van der Waals surface area contributed by atoms with Crippen molar-refractivity contribution in [3.8, 4) is 0 Å². The summed E-state index contributed by atoms with van der Waals surface area (Å²) in [5.74, 6) is 0. The van der Waals surface area contributed by atoms with Crippen LogP contribution >= 0.6 is 22.7 Å². The van der Waals surface area contributed by atoms with Crippen LogP contribution in [-0.4, -0.2) is 21.9 Å². The Morgan fingerprint density at radius 1 is 1.38 bits per heavy atom. The first-order valence-electron chi connectivity index (χ1n) is 4.93. The fourth-order valence-corrected chi connectivity index (χ4v) is 3.06. The van der Waals surface area contributed by atoms with Crippen molar-refractivity contribution in [1.29, 1.82) is 0 Å². The fraction of sp³-hybridized carbons (Fsp3) is 0.400. The summed E-state index contributed by atoms with van der Waals surface area (Å²) in [4.78, 5) is 13.0. The average Bonchev–Trinajstić information content (AvgIpc) is 2.77. The van der Waals surface area contributed by atoms with E-state index in [9.17, 15) is 0 Å². The topological polar surface area (TPSA) is 55.0 Å². The molecule has 0 amide bonds. The summed E-state index contributed by atoms with van der Waals surface area (Å²) in [7, 11) is 2.09. The van der Waals surface area contributed by atoms with Crippen LogP contribution in [0.1, 0.15) is 15.4 Å². The second-order valence-electron chi connectivity index (χ2n) is 3.70. The summed E-state index contributed by atoms with van der Waals surface area (Å²) in [6.07, 6.45) is 1.84. The first-order chi connectivity index (χ1) is 7.65. The molecular weight excluding hydrogens is 240 g/mol. The van der Waals surface area contributed by atoms with Crippen molar-refractivity contribution in [3.63, 3.8) is 0 Å². The maximum atomic E-state index is 5.60. The van der Waals surface area contributed by atoms with E-state index in [0.717, 1.165) is 18.8 Å². The van der Waals surface area contributed by atoms with Gasteiger partial charge in [-0.2, -0.15) is 0 Å². The highest BCUT2D eigenvalue weighted by atomic mass is 32.1. The Morgan fingerprint density at radius 3 is 2.75 bits per heavy atom. The van der Waals surface area contributed by atoms with Crippen molar-refractivity contribution in [2.24, 2.45) is 0 Å². The average molecular weight is 254 g/mol. The summed E-state index contributed by atoms with van der Waals surface area (Å²) in [6.45, 7) is 3.85. The summed E-state index contributed by atoms with van der Waals surface area (Å²) < 4.78 is 0. The number of aryl methyl sites for hydroxylation is 1. The molecule has 2 rings (SSSR count). The van der Waals surface area contributed by atoms with Crippen LogP contribution in [-0.2, 0) is 13.1 Å². The van der Waals surface area contributed by atoms with E-state index in [0.29, 0.717) is 5.13 Å². The summed E-state index contributed by atoms with van der Waals surface area (Å²) in [6, 6.07) is 0. The molecule has 0 aliphatic rings. The predicted molar refractivity (Wildman–Crippen MR) is 68.5 cm³/mol. The van der Waals surface area contributed by atoms with Gasteiger partial charge in [0, 0.05) is 29.0 Å². The Kier molecular flexibility index (Phi) is 3.52. The third kappa shape index (κ3) is 2.78. The molecule has 0 aromatic carbocycles. The van der Waals surface area contributed by atoms with Gasteiger partial charge < -0.3 is 5.73 Å². The number of thiazole rings is 2. The Morgan fingerprint density at radius 2 is 2.19 bits per heavy atom. The number of nitrogens with two attached hydrogens (primary N) is 1. The highest BCUT2D eigenvalue weighted by Crippen LogP contribution is 2.19. The summed E-state index contributed by atoms with van der Waals surface area (Å²) in [5.41, 5.74) is 8.61. The van der Waals surface area contributed by atoms with Crippen LogP contribution in [0.3, 0.4) is 0 Å². The van der Waals surface area contributed by atoms with Gasteiger partial charge >= 0.3 is 0 Å². The zero-order chi connectivity index (χ0) is 11.5. The van der Waals surface area contributed by atoms with Crippen LogP contribution in [0.4, 0.5) is 5.13 Å². The molecule has 0 radical (unpaired) electrons. The number of hydrogen-bond acceptors (Lipinski definition) is 6. The molecule has 0 saturated carbocycles. The molecule has 0 unspecified atom stereocenters. The monoisotopic (exact) mass is 254 g/mol. The van der Waals surface area contributed by atoms with Crippen LogP contribution < -0.4 is 5.73 Å². The van der Waals surface area contributed by atoms with Gasteiger partial charge in [0.15, 0.2) is 5.13 Å². The number of nitrogens with zero attached hydrogens (tertiary/aromatic N) is 3. The summed E-state index contributed by atoms with van der Waals surface area (Å²) >= 11 is 3.25. The molecule has 4 nitrogen and oxygen atoms in total. The highest BCUT2D eigenvalue weighted by molar-refractivity contribution is 7.15. The van der Waals surface area contributed by atoms with Crippen LogP contribution in [0.15, 0.2) is 11.7 Å². The molecule has 0 saturated heterocycles. The van der Waals surface area contributed by atoms with Gasteiger partial charge in [-0.3, -0.25) is 4.90 Å². The minimum atomic E-state index is 0.636. The Labute approximate surface area is 103 Å². The molecule has 0 fully saturated rings. The third-order valence-electron chi connectivity index (χ3n) is 2.26. The van der Waals surface area contributed by atoms with Crippen molar-refractivity contribution in [2.45, 2.75) is 20.0 Å². The van der Waals surface area contributed by atoms with Crippen molar-refractivity contribution in [3.05, 3.63) is 27.2 Å². The fourth-order valence-electron chi connectivity index (χ4n) is 1.44. The van der Waals surface area contributed by atoms with Crippen LogP contribution in [0.2, 0.25) is 0 Å². The molecule has 16 heavy (non-hydrogen) atoms. The van der Waals surface area contributed by atoms with Gasteiger partial charge in [-0.1, -0.05) is 0 Å². The maximum absolute atomic E-state index is 5.60. The Hall–Kier alpha value is -0.980. The smallest absolute Gasteiger partial charge is 0.180 e. The van der Waals surface area contributed by atoms with Crippen LogP contribution in [0.25, 0.3) is 0 Å². The number of rotatable bonds is 4. The zero-order valence-electron chi connectivity index (χ0n) is 9.30. The first-order valence-corrected chi connectivity index (χ1v) is 6.62. The van der Waals surface area contributed by atoms with Gasteiger partial charge in [-0.05, 0) is 14.0 Å². The first kappa shape index (κ1) is 11.5. The Balaban J connectivity index is 1.94. The molecular formula is C10H14N4S2. The van der Waals surface area contributed by atoms with Crippen molar-refractivity contribution in [1.82, 2.24) is 14.9 Å².